The second-order valence-corrected chi connectivity index (χ2v) is 4.63. The highest BCUT2D eigenvalue weighted by Gasteiger charge is 2.41. The van der Waals surface area contributed by atoms with E-state index in [1.807, 2.05) is 6.20 Å². The van der Waals surface area contributed by atoms with Crippen molar-refractivity contribution in [1.82, 2.24) is 15.3 Å². The van der Waals surface area contributed by atoms with E-state index in [1.165, 1.54) is 19.3 Å². The summed E-state index contributed by atoms with van der Waals surface area (Å²) in [6.07, 6.45) is 7.47. The number of aromatic nitrogens is 2. The Hall–Kier alpha value is -0.870. The molecule has 0 spiro atoms. The number of nitrogens with one attached hydrogen (secondary N) is 2. The van der Waals surface area contributed by atoms with Gasteiger partial charge in [0, 0.05) is 38.2 Å². The van der Waals surface area contributed by atoms with Gasteiger partial charge < -0.3 is 15.0 Å². The molecule has 1 heterocycles. The number of hydrogen-bond donors (Lipinski definition) is 2. The molecule has 1 aromatic heterocycles. The first kappa shape index (κ1) is 11.6. The molecule has 90 valence electrons. The van der Waals surface area contributed by atoms with Crippen molar-refractivity contribution in [2.24, 2.45) is 5.41 Å². The van der Waals surface area contributed by atoms with Crippen LogP contribution in [0.5, 0.6) is 0 Å². The highest BCUT2D eigenvalue weighted by molar-refractivity contribution is 4.97. The summed E-state index contributed by atoms with van der Waals surface area (Å²) in [7, 11) is 0. The highest BCUT2D eigenvalue weighted by atomic mass is 16.5. The van der Waals surface area contributed by atoms with Gasteiger partial charge in [0.2, 0.25) is 0 Å². The molecule has 1 aliphatic carbocycles. The lowest BCUT2D eigenvalue weighted by Gasteiger charge is -2.15. The average molecular weight is 223 g/mol. The molecule has 1 saturated carbocycles. The summed E-state index contributed by atoms with van der Waals surface area (Å²) in [5, 5.41) is 3.49. The minimum absolute atomic E-state index is 0.523. The van der Waals surface area contributed by atoms with Crippen LogP contribution in [0.1, 0.15) is 31.9 Å². The summed E-state index contributed by atoms with van der Waals surface area (Å²) >= 11 is 0. The summed E-state index contributed by atoms with van der Waals surface area (Å²) in [6, 6.07) is 0. The summed E-state index contributed by atoms with van der Waals surface area (Å²) in [6.45, 7) is 5.77. The zero-order chi connectivity index (χ0) is 11.3. The Morgan fingerprint density at radius 3 is 3.06 bits per heavy atom. The number of ether oxygens (including phenoxy) is 1. The number of hydrogen-bond acceptors (Lipinski definition) is 3. The predicted molar refractivity (Wildman–Crippen MR) is 63.1 cm³/mol. The standard InChI is InChI=1S/C12H21N3O/c1-2-16-6-5-12(3-4-12)9-13-7-11-8-14-10-15-11/h8,10,13H,2-7,9H2,1H3,(H,14,15). The fraction of sp³-hybridized carbons (Fsp3) is 0.750. The Morgan fingerprint density at radius 1 is 1.56 bits per heavy atom. The van der Waals surface area contributed by atoms with Crippen LogP contribution in [0, 0.1) is 5.41 Å². The molecular weight excluding hydrogens is 202 g/mol. The summed E-state index contributed by atoms with van der Waals surface area (Å²) in [4.78, 5) is 7.10. The van der Waals surface area contributed by atoms with Crippen LogP contribution in [0.15, 0.2) is 12.5 Å². The molecule has 16 heavy (non-hydrogen) atoms. The van der Waals surface area contributed by atoms with Gasteiger partial charge in [0.05, 0.1) is 6.33 Å². The van der Waals surface area contributed by atoms with Gasteiger partial charge in [-0.15, -0.1) is 0 Å². The third-order valence-corrected chi connectivity index (χ3v) is 3.31. The molecular formula is C12H21N3O. The van der Waals surface area contributed by atoms with E-state index < -0.39 is 0 Å². The first-order valence-corrected chi connectivity index (χ1v) is 6.10. The molecule has 0 aromatic carbocycles. The molecule has 0 aliphatic heterocycles. The molecule has 0 atom stereocenters. The number of imidazole rings is 1. The molecule has 4 nitrogen and oxygen atoms in total. The fourth-order valence-electron chi connectivity index (χ4n) is 1.97. The fourth-order valence-corrected chi connectivity index (χ4v) is 1.97. The minimum atomic E-state index is 0.523. The highest BCUT2D eigenvalue weighted by Crippen LogP contribution is 2.48. The lowest BCUT2D eigenvalue weighted by Crippen LogP contribution is -2.24. The quantitative estimate of drug-likeness (QED) is 0.660. The molecule has 0 saturated heterocycles. The Kier molecular flexibility index (Phi) is 3.96. The van der Waals surface area contributed by atoms with Crippen LogP contribution in [0.2, 0.25) is 0 Å². The first-order valence-electron chi connectivity index (χ1n) is 6.10. The smallest absolute Gasteiger partial charge is 0.0922 e. The number of nitrogens with zero attached hydrogens (tertiary/aromatic N) is 1. The molecule has 1 aromatic rings. The van der Waals surface area contributed by atoms with Gasteiger partial charge in [-0.05, 0) is 31.6 Å². The van der Waals surface area contributed by atoms with Crippen LogP contribution < -0.4 is 5.32 Å². The normalized spacial score (nSPS) is 17.6. The zero-order valence-corrected chi connectivity index (χ0v) is 9.96. The molecule has 2 N–H and O–H groups in total. The summed E-state index contributed by atoms with van der Waals surface area (Å²) < 4.78 is 5.42. The molecule has 0 unspecified atom stereocenters. The van der Waals surface area contributed by atoms with E-state index in [1.54, 1.807) is 6.33 Å². The van der Waals surface area contributed by atoms with Gasteiger partial charge in [-0.25, -0.2) is 4.98 Å². The topological polar surface area (TPSA) is 49.9 Å². The molecule has 1 fully saturated rings. The zero-order valence-electron chi connectivity index (χ0n) is 9.96. The van der Waals surface area contributed by atoms with E-state index in [0.717, 1.165) is 32.0 Å². The van der Waals surface area contributed by atoms with Crippen molar-refractivity contribution >= 4 is 0 Å². The maximum absolute atomic E-state index is 5.42. The van der Waals surface area contributed by atoms with Crippen molar-refractivity contribution in [2.45, 2.75) is 32.7 Å². The van der Waals surface area contributed by atoms with Gasteiger partial charge in [-0.2, -0.15) is 0 Å². The Bertz CT molecular complexity index is 293. The minimum Gasteiger partial charge on any atom is -0.382 e. The molecule has 0 radical (unpaired) electrons. The van der Waals surface area contributed by atoms with E-state index in [9.17, 15) is 0 Å². The second kappa shape index (κ2) is 5.46. The summed E-state index contributed by atoms with van der Waals surface area (Å²) in [5.74, 6) is 0. The van der Waals surface area contributed by atoms with E-state index in [0.29, 0.717) is 5.41 Å². The van der Waals surface area contributed by atoms with E-state index >= 15 is 0 Å². The molecule has 2 rings (SSSR count). The van der Waals surface area contributed by atoms with Gasteiger partial charge >= 0.3 is 0 Å². The average Bonchev–Trinajstić information content (AvgIpc) is 2.86. The Morgan fingerprint density at radius 2 is 2.44 bits per heavy atom. The van der Waals surface area contributed by atoms with Crippen molar-refractivity contribution in [1.29, 1.82) is 0 Å². The SMILES string of the molecule is CCOCCC1(CNCc2cnc[nH]2)CC1. The number of aromatic amines is 1. The van der Waals surface area contributed by atoms with E-state index in [4.69, 9.17) is 4.74 Å². The van der Waals surface area contributed by atoms with Crippen LogP contribution in [-0.4, -0.2) is 29.7 Å². The maximum atomic E-state index is 5.42. The maximum Gasteiger partial charge on any atom is 0.0922 e. The lowest BCUT2D eigenvalue weighted by atomic mass is 10.0. The van der Waals surface area contributed by atoms with Crippen LogP contribution in [0.4, 0.5) is 0 Å². The number of rotatable bonds is 8. The Labute approximate surface area is 96.8 Å². The van der Waals surface area contributed by atoms with Gasteiger partial charge in [0.1, 0.15) is 0 Å². The van der Waals surface area contributed by atoms with Crippen LogP contribution in [0.3, 0.4) is 0 Å². The largest absolute Gasteiger partial charge is 0.382 e. The second-order valence-electron chi connectivity index (χ2n) is 4.63. The molecule has 1 aliphatic rings. The van der Waals surface area contributed by atoms with Crippen molar-refractivity contribution in [2.75, 3.05) is 19.8 Å². The lowest BCUT2D eigenvalue weighted by molar-refractivity contribution is 0.127. The van der Waals surface area contributed by atoms with Crippen molar-refractivity contribution in [3.05, 3.63) is 18.2 Å². The van der Waals surface area contributed by atoms with Gasteiger partial charge in [-0.1, -0.05) is 0 Å². The van der Waals surface area contributed by atoms with Crippen molar-refractivity contribution < 1.29 is 4.74 Å². The van der Waals surface area contributed by atoms with Crippen molar-refractivity contribution in [3.63, 3.8) is 0 Å². The molecule has 4 heteroatoms. The number of H-pyrrole nitrogens is 1. The van der Waals surface area contributed by atoms with Crippen LogP contribution >= 0.6 is 0 Å². The van der Waals surface area contributed by atoms with Gasteiger partial charge in [0.15, 0.2) is 0 Å². The molecule has 0 bridgehead atoms. The third-order valence-electron chi connectivity index (χ3n) is 3.31. The predicted octanol–water partition coefficient (Wildman–Crippen LogP) is 1.71. The van der Waals surface area contributed by atoms with E-state index in [-0.39, 0.29) is 0 Å². The van der Waals surface area contributed by atoms with Crippen LogP contribution in [-0.2, 0) is 11.3 Å². The molecule has 0 amide bonds. The Balaban J connectivity index is 1.62. The van der Waals surface area contributed by atoms with Crippen LogP contribution in [0.25, 0.3) is 0 Å². The van der Waals surface area contributed by atoms with E-state index in [2.05, 4.69) is 22.2 Å². The first-order chi connectivity index (χ1) is 7.85. The van der Waals surface area contributed by atoms with Gasteiger partial charge in [-0.3, -0.25) is 0 Å². The third kappa shape index (κ3) is 3.32. The monoisotopic (exact) mass is 223 g/mol. The van der Waals surface area contributed by atoms with Crippen molar-refractivity contribution in [3.8, 4) is 0 Å². The van der Waals surface area contributed by atoms with Gasteiger partial charge in [0.25, 0.3) is 0 Å². The summed E-state index contributed by atoms with van der Waals surface area (Å²) in [5.41, 5.74) is 1.68.